The zero-order valence-corrected chi connectivity index (χ0v) is 19.0. The third-order valence-corrected chi connectivity index (χ3v) is 8.21. The fraction of sp³-hybridized carbons (Fsp3) is 0.429. The molecule has 0 spiro atoms. The molecular formula is C21H27BrN2O2S. The second kappa shape index (κ2) is 7.57. The smallest absolute Gasteiger partial charge is 0.244 e. The van der Waals surface area contributed by atoms with Gasteiger partial charge in [-0.25, -0.2) is 8.42 Å². The molecule has 3 rings (SSSR count). The van der Waals surface area contributed by atoms with Crippen LogP contribution in [0.1, 0.15) is 27.8 Å². The lowest BCUT2D eigenvalue weighted by molar-refractivity contribution is 0.384. The lowest BCUT2D eigenvalue weighted by atomic mass is 10.0. The van der Waals surface area contributed by atoms with E-state index in [-0.39, 0.29) is 0 Å². The Hall–Kier alpha value is -1.37. The van der Waals surface area contributed by atoms with Crippen molar-refractivity contribution in [2.24, 2.45) is 0 Å². The lowest BCUT2D eigenvalue weighted by Crippen LogP contribution is -2.49. The maximum atomic E-state index is 13.2. The van der Waals surface area contributed by atoms with Crippen LogP contribution in [0.2, 0.25) is 0 Å². The molecule has 0 bridgehead atoms. The number of halogens is 1. The van der Waals surface area contributed by atoms with Crippen LogP contribution in [0.4, 0.5) is 5.69 Å². The van der Waals surface area contributed by atoms with Crippen molar-refractivity contribution in [2.45, 2.75) is 39.5 Å². The maximum Gasteiger partial charge on any atom is 0.244 e. The van der Waals surface area contributed by atoms with E-state index >= 15 is 0 Å². The van der Waals surface area contributed by atoms with Gasteiger partial charge in [-0.05, 0) is 84.9 Å². The Morgan fingerprint density at radius 3 is 1.85 bits per heavy atom. The Morgan fingerprint density at radius 1 is 0.778 bits per heavy atom. The van der Waals surface area contributed by atoms with Crippen molar-refractivity contribution in [3.63, 3.8) is 0 Å². The van der Waals surface area contributed by atoms with E-state index in [9.17, 15) is 8.42 Å². The molecule has 1 heterocycles. The van der Waals surface area contributed by atoms with Crippen LogP contribution in [0.25, 0.3) is 0 Å². The van der Waals surface area contributed by atoms with Gasteiger partial charge in [0.2, 0.25) is 10.0 Å². The Kier molecular flexibility index (Phi) is 5.71. The molecule has 6 heteroatoms. The Balaban J connectivity index is 1.83. The normalized spacial score (nSPS) is 16.0. The first-order valence-electron chi connectivity index (χ1n) is 9.21. The predicted molar refractivity (Wildman–Crippen MR) is 115 cm³/mol. The molecule has 2 aromatic rings. The van der Waals surface area contributed by atoms with Gasteiger partial charge in [-0.1, -0.05) is 17.7 Å². The first-order chi connectivity index (χ1) is 12.6. The molecule has 1 aliphatic rings. The molecule has 0 saturated carbocycles. The minimum atomic E-state index is -3.50. The maximum absolute atomic E-state index is 13.2. The summed E-state index contributed by atoms with van der Waals surface area (Å²) in [4.78, 5) is 2.67. The fourth-order valence-electron chi connectivity index (χ4n) is 3.91. The molecule has 0 aliphatic carbocycles. The number of nitrogens with zero attached hydrogens (tertiary/aromatic N) is 2. The quantitative estimate of drug-likeness (QED) is 0.690. The van der Waals surface area contributed by atoms with Gasteiger partial charge in [0, 0.05) is 36.3 Å². The minimum absolute atomic E-state index is 0.363. The van der Waals surface area contributed by atoms with Crippen molar-refractivity contribution in [3.05, 3.63) is 56.6 Å². The highest BCUT2D eigenvalue weighted by Crippen LogP contribution is 2.31. The van der Waals surface area contributed by atoms with E-state index < -0.39 is 10.0 Å². The zero-order chi connectivity index (χ0) is 19.9. The summed E-state index contributed by atoms with van der Waals surface area (Å²) in [5.41, 5.74) is 7.07. The molecule has 4 nitrogen and oxygen atoms in total. The average molecular weight is 451 g/mol. The van der Waals surface area contributed by atoms with Crippen LogP contribution in [0, 0.1) is 34.6 Å². The molecule has 0 amide bonds. The number of rotatable bonds is 3. The van der Waals surface area contributed by atoms with Gasteiger partial charge >= 0.3 is 0 Å². The summed E-state index contributed by atoms with van der Waals surface area (Å²) in [6, 6.07) is 8.04. The second-order valence-corrected chi connectivity index (χ2v) is 10.3. The number of benzene rings is 2. The van der Waals surface area contributed by atoms with Crippen molar-refractivity contribution in [2.75, 3.05) is 31.1 Å². The van der Waals surface area contributed by atoms with Crippen molar-refractivity contribution < 1.29 is 8.42 Å². The van der Waals surface area contributed by atoms with Gasteiger partial charge in [-0.2, -0.15) is 4.31 Å². The minimum Gasteiger partial charge on any atom is -0.368 e. The second-order valence-electron chi connectivity index (χ2n) is 7.51. The van der Waals surface area contributed by atoms with E-state index in [0.717, 1.165) is 11.1 Å². The van der Waals surface area contributed by atoms with Crippen LogP contribution in [0.15, 0.2) is 33.6 Å². The first kappa shape index (κ1) is 20.4. The van der Waals surface area contributed by atoms with Crippen molar-refractivity contribution in [1.82, 2.24) is 4.31 Å². The van der Waals surface area contributed by atoms with Crippen molar-refractivity contribution in [1.29, 1.82) is 0 Å². The number of anilines is 1. The van der Waals surface area contributed by atoms with Crippen molar-refractivity contribution in [3.8, 4) is 0 Å². The summed E-state index contributed by atoms with van der Waals surface area (Å²) in [5, 5.41) is 0. The van der Waals surface area contributed by atoms with Gasteiger partial charge in [0.05, 0.1) is 4.90 Å². The van der Waals surface area contributed by atoms with E-state index in [4.69, 9.17) is 0 Å². The third-order valence-electron chi connectivity index (χ3n) is 5.36. The molecule has 27 heavy (non-hydrogen) atoms. The molecular weight excluding hydrogens is 424 g/mol. The molecule has 1 fully saturated rings. The highest BCUT2D eigenvalue weighted by Gasteiger charge is 2.31. The summed E-state index contributed by atoms with van der Waals surface area (Å²) in [6.07, 6.45) is 0. The third kappa shape index (κ3) is 3.93. The van der Waals surface area contributed by atoms with Crippen LogP contribution < -0.4 is 4.90 Å². The highest BCUT2D eigenvalue weighted by molar-refractivity contribution is 9.10. The molecule has 0 atom stereocenters. The summed E-state index contributed by atoms with van der Waals surface area (Å²) in [5.74, 6) is 0. The molecule has 1 saturated heterocycles. The van der Waals surface area contributed by atoms with Crippen LogP contribution >= 0.6 is 15.9 Å². The van der Waals surface area contributed by atoms with Gasteiger partial charge in [0.1, 0.15) is 0 Å². The number of hydrogen-bond acceptors (Lipinski definition) is 3. The number of sulfonamides is 1. The van der Waals surface area contributed by atoms with E-state index in [1.165, 1.54) is 22.4 Å². The largest absolute Gasteiger partial charge is 0.368 e. The van der Waals surface area contributed by atoms with E-state index in [1.807, 2.05) is 19.9 Å². The molecule has 2 aromatic carbocycles. The average Bonchev–Trinajstić information content (AvgIpc) is 2.57. The molecule has 0 aromatic heterocycles. The number of piperazine rings is 1. The van der Waals surface area contributed by atoms with Gasteiger partial charge in [0.25, 0.3) is 0 Å². The summed E-state index contributed by atoms with van der Waals surface area (Å²) in [7, 11) is -3.50. The number of hydrogen-bond donors (Lipinski definition) is 0. The van der Waals surface area contributed by atoms with Gasteiger partial charge < -0.3 is 4.90 Å². The van der Waals surface area contributed by atoms with Crippen LogP contribution in [0.5, 0.6) is 0 Å². The van der Waals surface area contributed by atoms with Gasteiger partial charge in [-0.3, -0.25) is 0 Å². The van der Waals surface area contributed by atoms with Crippen LogP contribution in [-0.4, -0.2) is 38.9 Å². The van der Waals surface area contributed by atoms with Crippen LogP contribution in [0.3, 0.4) is 0 Å². The van der Waals surface area contributed by atoms with Gasteiger partial charge in [-0.15, -0.1) is 0 Å². The van der Waals surface area contributed by atoms with Crippen LogP contribution in [-0.2, 0) is 10.0 Å². The zero-order valence-electron chi connectivity index (χ0n) is 16.6. The first-order valence-corrected chi connectivity index (χ1v) is 11.4. The predicted octanol–water partition coefficient (Wildman–Crippen LogP) is 4.50. The highest BCUT2D eigenvalue weighted by atomic mass is 79.9. The number of aryl methyl sites for hydroxylation is 5. The van der Waals surface area contributed by atoms with E-state index in [2.05, 4.69) is 53.7 Å². The SMILES string of the molecule is Cc1cc(C)c(N2CCN(S(=O)(=O)c3cc(C)c(C)cc3Br)CC2)c(C)c1. The lowest BCUT2D eigenvalue weighted by Gasteiger charge is -2.37. The van der Waals surface area contributed by atoms with E-state index in [0.29, 0.717) is 35.5 Å². The molecule has 1 aliphatic heterocycles. The van der Waals surface area contributed by atoms with Gasteiger partial charge in [0.15, 0.2) is 0 Å². The topological polar surface area (TPSA) is 40.6 Å². The Bertz CT molecular complexity index is 955. The molecule has 0 N–H and O–H groups in total. The summed E-state index contributed by atoms with van der Waals surface area (Å²) < 4.78 is 28.6. The monoisotopic (exact) mass is 450 g/mol. The Labute approximate surface area is 171 Å². The molecule has 146 valence electrons. The standard InChI is InChI=1S/C21H27BrN2O2S/c1-14-10-17(4)21(18(5)11-14)23-6-8-24(9-7-23)27(25,26)20-13-16(3)15(2)12-19(20)22/h10-13H,6-9H2,1-5H3. The van der Waals surface area contributed by atoms with E-state index in [1.54, 1.807) is 10.4 Å². The summed E-state index contributed by atoms with van der Waals surface area (Å²) >= 11 is 3.44. The fourth-order valence-corrected chi connectivity index (χ4v) is 6.54. The summed E-state index contributed by atoms with van der Waals surface area (Å²) in [6.45, 7) is 12.7. The molecule has 0 unspecified atom stereocenters. The van der Waals surface area contributed by atoms with Crippen molar-refractivity contribution >= 4 is 31.6 Å². The Morgan fingerprint density at radius 2 is 1.30 bits per heavy atom. The molecule has 0 radical (unpaired) electrons.